The van der Waals surface area contributed by atoms with Crippen molar-refractivity contribution in [1.29, 1.82) is 0 Å². The van der Waals surface area contributed by atoms with Gasteiger partial charge in [-0.05, 0) is 42.7 Å². The lowest BCUT2D eigenvalue weighted by Crippen LogP contribution is -2.38. The minimum absolute atomic E-state index is 0.206. The van der Waals surface area contributed by atoms with Crippen molar-refractivity contribution in [3.8, 4) is 17.1 Å². The number of hydrogen-bond donors (Lipinski definition) is 0. The number of carbonyl (C=O) groups excluding carboxylic acids is 1. The molecule has 0 N–H and O–H groups in total. The van der Waals surface area contributed by atoms with Crippen LogP contribution in [0.1, 0.15) is 65.2 Å². The third kappa shape index (κ3) is 5.81. The third-order valence-corrected chi connectivity index (χ3v) is 5.45. The molecule has 1 aliphatic heterocycles. The van der Waals surface area contributed by atoms with Crippen LogP contribution in [-0.4, -0.2) is 41.1 Å². The normalized spacial score (nSPS) is 16.7. The summed E-state index contributed by atoms with van der Waals surface area (Å²) in [6.07, 6.45) is 3.41. The van der Waals surface area contributed by atoms with Crippen LogP contribution in [0.25, 0.3) is 11.4 Å². The molecule has 0 radical (unpaired) electrons. The second-order valence-electron chi connectivity index (χ2n) is 9.42. The minimum Gasteiger partial charge on any atom is -0.497 e. The Hall–Kier alpha value is -2.37. The Morgan fingerprint density at radius 3 is 2.69 bits per heavy atom. The van der Waals surface area contributed by atoms with Crippen molar-refractivity contribution in [1.82, 2.24) is 15.0 Å². The van der Waals surface area contributed by atoms with Gasteiger partial charge in [-0.1, -0.05) is 45.0 Å². The fourth-order valence-corrected chi connectivity index (χ4v) is 4.20. The molecule has 2 aromatic rings. The highest BCUT2D eigenvalue weighted by Gasteiger charge is 2.28. The maximum atomic E-state index is 12.6. The van der Waals surface area contributed by atoms with E-state index in [1.807, 2.05) is 29.2 Å². The van der Waals surface area contributed by atoms with E-state index < -0.39 is 0 Å². The van der Waals surface area contributed by atoms with Crippen LogP contribution in [0.5, 0.6) is 5.75 Å². The van der Waals surface area contributed by atoms with E-state index in [4.69, 9.17) is 9.26 Å². The van der Waals surface area contributed by atoms with E-state index in [9.17, 15) is 4.79 Å². The average Bonchev–Trinajstić information content (AvgIpc) is 3.17. The first-order valence-corrected chi connectivity index (χ1v) is 10.5. The van der Waals surface area contributed by atoms with Crippen molar-refractivity contribution >= 4 is 5.91 Å². The lowest BCUT2D eigenvalue weighted by molar-refractivity contribution is -0.133. The number of amides is 1. The predicted molar refractivity (Wildman–Crippen MR) is 113 cm³/mol. The zero-order valence-electron chi connectivity index (χ0n) is 18.3. The SMILES string of the molecule is COc1cccc(-c2noc(C3CCN(C(=O)CC(C)CC(C)(C)C)CC3)n2)c1. The van der Waals surface area contributed by atoms with E-state index in [1.165, 1.54) is 0 Å². The molecule has 0 spiro atoms. The van der Waals surface area contributed by atoms with Crippen LogP contribution in [0.4, 0.5) is 0 Å². The van der Waals surface area contributed by atoms with Gasteiger partial charge in [-0.25, -0.2) is 0 Å². The number of methoxy groups -OCH3 is 1. The molecule has 29 heavy (non-hydrogen) atoms. The Morgan fingerprint density at radius 2 is 2.03 bits per heavy atom. The molecule has 0 aliphatic carbocycles. The molecular formula is C23H33N3O3. The lowest BCUT2D eigenvalue weighted by Gasteiger charge is -2.32. The smallest absolute Gasteiger partial charge is 0.230 e. The number of hydrogen-bond acceptors (Lipinski definition) is 5. The largest absolute Gasteiger partial charge is 0.497 e. The summed E-state index contributed by atoms with van der Waals surface area (Å²) in [6.45, 7) is 10.4. The second-order valence-corrected chi connectivity index (χ2v) is 9.42. The number of aromatic nitrogens is 2. The van der Waals surface area contributed by atoms with E-state index in [0.717, 1.165) is 43.7 Å². The molecule has 6 heteroatoms. The Morgan fingerprint density at radius 1 is 1.31 bits per heavy atom. The number of benzene rings is 1. The highest BCUT2D eigenvalue weighted by atomic mass is 16.5. The molecule has 0 bridgehead atoms. The number of carbonyl (C=O) groups is 1. The van der Waals surface area contributed by atoms with Crippen LogP contribution in [-0.2, 0) is 4.79 Å². The Balaban J connectivity index is 1.54. The molecule has 3 rings (SSSR count). The van der Waals surface area contributed by atoms with E-state index in [-0.39, 0.29) is 17.2 Å². The van der Waals surface area contributed by atoms with Gasteiger partial charge in [0, 0.05) is 31.0 Å². The molecular weight excluding hydrogens is 366 g/mol. The molecule has 1 saturated heterocycles. The molecule has 1 aliphatic rings. The summed E-state index contributed by atoms with van der Waals surface area (Å²) in [5.41, 5.74) is 1.13. The molecule has 1 amide bonds. The van der Waals surface area contributed by atoms with Gasteiger partial charge in [0.15, 0.2) is 0 Å². The van der Waals surface area contributed by atoms with Gasteiger partial charge in [0.05, 0.1) is 7.11 Å². The molecule has 1 aromatic heterocycles. The minimum atomic E-state index is 0.206. The summed E-state index contributed by atoms with van der Waals surface area (Å²) in [5.74, 6) is 2.88. The fourth-order valence-electron chi connectivity index (χ4n) is 4.20. The van der Waals surface area contributed by atoms with Crippen molar-refractivity contribution in [2.45, 2.75) is 59.3 Å². The average molecular weight is 400 g/mol. The van der Waals surface area contributed by atoms with E-state index >= 15 is 0 Å². The van der Waals surface area contributed by atoms with Gasteiger partial charge in [0.2, 0.25) is 17.6 Å². The quantitative estimate of drug-likeness (QED) is 0.690. The summed E-state index contributed by atoms with van der Waals surface area (Å²) in [4.78, 5) is 19.2. The van der Waals surface area contributed by atoms with E-state index in [0.29, 0.717) is 24.1 Å². The Bertz CT molecular complexity index is 817. The van der Waals surface area contributed by atoms with Crippen molar-refractivity contribution in [3.05, 3.63) is 30.2 Å². The van der Waals surface area contributed by atoms with Gasteiger partial charge in [-0.3, -0.25) is 4.79 Å². The summed E-state index contributed by atoms with van der Waals surface area (Å²) < 4.78 is 10.8. The maximum Gasteiger partial charge on any atom is 0.230 e. The molecule has 1 atom stereocenters. The Labute approximate surface area is 173 Å². The van der Waals surface area contributed by atoms with Gasteiger partial charge in [-0.2, -0.15) is 4.98 Å². The van der Waals surface area contributed by atoms with Gasteiger partial charge in [0.25, 0.3) is 0 Å². The van der Waals surface area contributed by atoms with Crippen LogP contribution in [0, 0.1) is 11.3 Å². The molecule has 2 heterocycles. The lowest BCUT2D eigenvalue weighted by atomic mass is 9.84. The standard InChI is InChI=1S/C23H33N3O3/c1-16(15-23(2,3)4)13-20(27)26-11-9-17(10-12-26)22-24-21(25-29-22)18-7-6-8-19(14-18)28-5/h6-8,14,16-17H,9-13,15H2,1-5H3. The highest BCUT2D eigenvalue weighted by molar-refractivity contribution is 5.76. The first kappa shape index (κ1) is 21.3. The second kappa shape index (κ2) is 8.97. The predicted octanol–water partition coefficient (Wildman–Crippen LogP) is 4.91. The molecule has 1 aromatic carbocycles. The van der Waals surface area contributed by atoms with Crippen LogP contribution >= 0.6 is 0 Å². The highest BCUT2D eigenvalue weighted by Crippen LogP contribution is 2.31. The Kier molecular flexibility index (Phi) is 6.60. The van der Waals surface area contributed by atoms with Crippen LogP contribution < -0.4 is 4.74 Å². The van der Waals surface area contributed by atoms with Crippen molar-refractivity contribution in [3.63, 3.8) is 0 Å². The molecule has 158 valence electrons. The van der Waals surface area contributed by atoms with Crippen molar-refractivity contribution in [2.24, 2.45) is 11.3 Å². The molecule has 1 fully saturated rings. The number of ether oxygens (including phenoxy) is 1. The number of nitrogens with zero attached hydrogens (tertiary/aromatic N) is 3. The topological polar surface area (TPSA) is 68.5 Å². The summed E-state index contributed by atoms with van der Waals surface area (Å²) in [6, 6.07) is 7.64. The van der Waals surface area contributed by atoms with Gasteiger partial charge in [0.1, 0.15) is 5.75 Å². The van der Waals surface area contributed by atoms with E-state index in [1.54, 1.807) is 7.11 Å². The number of likely N-dealkylation sites (tertiary alicyclic amines) is 1. The number of piperidine rings is 1. The molecule has 0 saturated carbocycles. The van der Waals surface area contributed by atoms with Crippen LogP contribution in [0.2, 0.25) is 0 Å². The third-order valence-electron chi connectivity index (χ3n) is 5.45. The number of rotatable bonds is 6. The summed E-state index contributed by atoms with van der Waals surface area (Å²) in [7, 11) is 1.64. The first-order valence-electron chi connectivity index (χ1n) is 10.5. The zero-order chi connectivity index (χ0) is 21.0. The maximum absolute atomic E-state index is 12.6. The fraction of sp³-hybridized carbons (Fsp3) is 0.609. The summed E-state index contributed by atoms with van der Waals surface area (Å²) >= 11 is 0. The first-order chi connectivity index (χ1) is 13.7. The molecule has 1 unspecified atom stereocenters. The van der Waals surface area contributed by atoms with Crippen LogP contribution in [0.15, 0.2) is 28.8 Å². The molecule has 6 nitrogen and oxygen atoms in total. The van der Waals surface area contributed by atoms with E-state index in [2.05, 4.69) is 37.8 Å². The van der Waals surface area contributed by atoms with Crippen molar-refractivity contribution in [2.75, 3.05) is 20.2 Å². The van der Waals surface area contributed by atoms with Crippen LogP contribution in [0.3, 0.4) is 0 Å². The van der Waals surface area contributed by atoms with Gasteiger partial charge < -0.3 is 14.2 Å². The zero-order valence-corrected chi connectivity index (χ0v) is 18.3. The monoisotopic (exact) mass is 399 g/mol. The summed E-state index contributed by atoms with van der Waals surface area (Å²) in [5, 5.41) is 4.14. The van der Waals surface area contributed by atoms with Crippen molar-refractivity contribution < 1.29 is 14.1 Å². The van der Waals surface area contributed by atoms with Gasteiger partial charge >= 0.3 is 0 Å². The van der Waals surface area contributed by atoms with Gasteiger partial charge in [-0.15, -0.1) is 0 Å².